The quantitative estimate of drug-likeness (QED) is 0.402. The van der Waals surface area contributed by atoms with Crippen molar-refractivity contribution in [2.45, 2.75) is 6.92 Å². The molecule has 134 valence electrons. The monoisotopic (exact) mass is 349 g/mol. The molecule has 0 aromatic heterocycles. The van der Waals surface area contributed by atoms with Crippen molar-refractivity contribution in [2.75, 3.05) is 33.4 Å². The molecule has 1 N–H and O–H groups in total. The Hall–Kier alpha value is -3.10. The molecule has 9 nitrogen and oxygen atoms in total. The molecule has 1 aromatic rings. The van der Waals surface area contributed by atoms with Gasteiger partial charge in [-0.15, -0.1) is 0 Å². The second-order valence-electron chi connectivity index (χ2n) is 5.14. The third-order valence-corrected chi connectivity index (χ3v) is 3.38. The van der Waals surface area contributed by atoms with Gasteiger partial charge < -0.3 is 14.8 Å². The maximum Gasteiger partial charge on any atom is 0.334 e. The summed E-state index contributed by atoms with van der Waals surface area (Å²) in [4.78, 5) is 47.6. The Bertz CT molecular complexity index is 673. The topological polar surface area (TPSA) is 105 Å². The van der Waals surface area contributed by atoms with Gasteiger partial charge >= 0.3 is 17.8 Å². The van der Waals surface area contributed by atoms with E-state index >= 15 is 0 Å². The molecule has 0 radical (unpaired) electrons. The fraction of sp³-hybridized carbons (Fsp3) is 0.375. The lowest BCUT2D eigenvalue weighted by Gasteiger charge is -2.13. The summed E-state index contributed by atoms with van der Waals surface area (Å²) in [6.45, 7) is 2.36. The van der Waals surface area contributed by atoms with Gasteiger partial charge in [0.2, 0.25) is 5.91 Å². The van der Waals surface area contributed by atoms with Crippen molar-refractivity contribution in [3.8, 4) is 11.5 Å². The molecule has 1 aromatic carbocycles. The van der Waals surface area contributed by atoms with Crippen LogP contribution in [0, 0.1) is 0 Å². The van der Waals surface area contributed by atoms with Crippen LogP contribution in [0.2, 0.25) is 0 Å². The molecule has 2 rings (SSSR count). The Morgan fingerprint density at radius 3 is 2.16 bits per heavy atom. The first-order chi connectivity index (χ1) is 11.9. The number of hydrogen-bond donors (Lipinski definition) is 1. The molecule has 0 spiro atoms. The number of carbonyl (C=O) groups is 4. The van der Waals surface area contributed by atoms with Crippen LogP contribution in [0.5, 0.6) is 11.5 Å². The van der Waals surface area contributed by atoms with E-state index in [9.17, 15) is 19.2 Å². The van der Waals surface area contributed by atoms with Gasteiger partial charge in [0.05, 0.1) is 13.2 Å². The van der Waals surface area contributed by atoms with Crippen molar-refractivity contribution in [1.82, 2.24) is 15.1 Å². The zero-order chi connectivity index (χ0) is 18.4. The number of benzene rings is 1. The van der Waals surface area contributed by atoms with Crippen molar-refractivity contribution >= 4 is 23.8 Å². The summed E-state index contributed by atoms with van der Waals surface area (Å²) >= 11 is 0. The number of hydrogen-bond acceptors (Lipinski definition) is 6. The number of nitrogens with zero attached hydrogens (tertiary/aromatic N) is 2. The van der Waals surface area contributed by atoms with Gasteiger partial charge in [0.15, 0.2) is 0 Å². The maximum absolute atomic E-state index is 11.8. The minimum Gasteiger partial charge on any atom is -0.494 e. The minimum atomic E-state index is -1.01. The first kappa shape index (κ1) is 18.2. The number of urea groups is 1. The maximum atomic E-state index is 11.8. The largest absolute Gasteiger partial charge is 0.494 e. The smallest absolute Gasteiger partial charge is 0.334 e. The van der Waals surface area contributed by atoms with E-state index in [-0.39, 0.29) is 13.2 Å². The molecular weight excluding hydrogens is 330 g/mol. The van der Waals surface area contributed by atoms with Crippen LogP contribution in [0.25, 0.3) is 0 Å². The summed E-state index contributed by atoms with van der Waals surface area (Å²) < 4.78 is 10.8. The number of nitrogens with one attached hydrogen (secondary N) is 1. The molecule has 1 fully saturated rings. The number of imide groups is 2. The van der Waals surface area contributed by atoms with Crippen LogP contribution in [-0.4, -0.2) is 66.9 Å². The Balaban J connectivity index is 1.71. The molecule has 1 aliphatic rings. The second kappa shape index (κ2) is 8.13. The molecule has 0 bridgehead atoms. The molecule has 9 heteroatoms. The van der Waals surface area contributed by atoms with E-state index < -0.39 is 30.3 Å². The van der Waals surface area contributed by atoms with Gasteiger partial charge in [0.25, 0.3) is 0 Å². The first-order valence-electron chi connectivity index (χ1n) is 7.70. The van der Waals surface area contributed by atoms with Gasteiger partial charge in [-0.2, -0.15) is 0 Å². The standard InChI is InChI=1S/C16H19N3O6/c1-3-24-11-4-6-12(7-5-11)25-9-8-17-13(20)10-19-15(22)14(21)18(2)16(19)23/h4-7H,3,8-10H2,1-2H3,(H,17,20). The number of carbonyl (C=O) groups excluding carboxylic acids is 4. The number of ether oxygens (including phenoxy) is 2. The highest BCUT2D eigenvalue weighted by molar-refractivity contribution is 6.44. The van der Waals surface area contributed by atoms with Crippen LogP contribution in [0.1, 0.15) is 6.92 Å². The second-order valence-corrected chi connectivity index (χ2v) is 5.14. The van der Waals surface area contributed by atoms with Crippen LogP contribution in [0.3, 0.4) is 0 Å². The fourth-order valence-corrected chi connectivity index (χ4v) is 2.11. The van der Waals surface area contributed by atoms with Crippen LogP contribution in [0.4, 0.5) is 4.79 Å². The summed E-state index contributed by atoms with van der Waals surface area (Å²) in [5, 5.41) is 2.52. The van der Waals surface area contributed by atoms with Crippen molar-refractivity contribution in [3.63, 3.8) is 0 Å². The predicted molar refractivity (Wildman–Crippen MR) is 86.0 cm³/mol. The van der Waals surface area contributed by atoms with Gasteiger partial charge in [-0.05, 0) is 31.2 Å². The molecule has 0 aliphatic carbocycles. The fourth-order valence-electron chi connectivity index (χ4n) is 2.11. The molecular formula is C16H19N3O6. The van der Waals surface area contributed by atoms with E-state index in [0.717, 1.165) is 5.75 Å². The van der Waals surface area contributed by atoms with E-state index in [2.05, 4.69) is 5.32 Å². The number of rotatable bonds is 8. The third-order valence-electron chi connectivity index (χ3n) is 3.38. The van der Waals surface area contributed by atoms with E-state index in [1.165, 1.54) is 7.05 Å². The van der Waals surface area contributed by atoms with Crippen molar-refractivity contribution < 1.29 is 28.7 Å². The Labute approximate surface area is 144 Å². The summed E-state index contributed by atoms with van der Waals surface area (Å²) in [6.07, 6.45) is 0. The highest BCUT2D eigenvalue weighted by Crippen LogP contribution is 2.17. The van der Waals surface area contributed by atoms with E-state index in [4.69, 9.17) is 9.47 Å². The predicted octanol–water partition coefficient (Wildman–Crippen LogP) is 0.000900. The van der Waals surface area contributed by atoms with Crippen LogP contribution >= 0.6 is 0 Å². The molecule has 0 atom stereocenters. The third kappa shape index (κ3) is 4.46. The highest BCUT2D eigenvalue weighted by Gasteiger charge is 2.42. The summed E-state index contributed by atoms with van der Waals surface area (Å²) in [5.74, 6) is -1.15. The number of likely N-dealkylation sites (N-methyl/N-ethyl adjacent to an activating group) is 1. The van der Waals surface area contributed by atoms with Gasteiger partial charge in [-0.25, -0.2) is 9.69 Å². The summed E-state index contributed by atoms with van der Waals surface area (Å²) in [6, 6.07) is 6.23. The SMILES string of the molecule is CCOc1ccc(OCCNC(=O)CN2C(=O)C(=O)N(C)C2=O)cc1. The van der Waals surface area contributed by atoms with E-state index in [1.807, 2.05) is 6.92 Å². The molecule has 1 saturated heterocycles. The van der Waals surface area contributed by atoms with E-state index in [1.54, 1.807) is 24.3 Å². The van der Waals surface area contributed by atoms with Gasteiger partial charge in [-0.3, -0.25) is 19.3 Å². The lowest BCUT2D eigenvalue weighted by Crippen LogP contribution is -2.42. The molecule has 1 aliphatic heterocycles. The lowest BCUT2D eigenvalue weighted by atomic mass is 10.3. The molecule has 5 amide bonds. The van der Waals surface area contributed by atoms with Crippen molar-refractivity contribution in [3.05, 3.63) is 24.3 Å². The molecule has 0 saturated carbocycles. The van der Waals surface area contributed by atoms with Gasteiger partial charge in [0, 0.05) is 7.05 Å². The number of amides is 5. The van der Waals surface area contributed by atoms with Crippen LogP contribution in [-0.2, 0) is 14.4 Å². The first-order valence-corrected chi connectivity index (χ1v) is 7.70. The molecule has 0 unspecified atom stereocenters. The minimum absolute atomic E-state index is 0.187. The van der Waals surface area contributed by atoms with Crippen molar-refractivity contribution in [2.24, 2.45) is 0 Å². The van der Waals surface area contributed by atoms with Gasteiger partial charge in [-0.1, -0.05) is 0 Å². The zero-order valence-electron chi connectivity index (χ0n) is 14.0. The molecule has 1 heterocycles. The van der Waals surface area contributed by atoms with E-state index in [0.29, 0.717) is 22.2 Å². The normalized spacial score (nSPS) is 14.1. The Morgan fingerprint density at radius 2 is 1.64 bits per heavy atom. The van der Waals surface area contributed by atoms with Gasteiger partial charge in [0.1, 0.15) is 24.7 Å². The molecule has 25 heavy (non-hydrogen) atoms. The summed E-state index contributed by atoms with van der Waals surface area (Å²) in [5.41, 5.74) is 0. The van der Waals surface area contributed by atoms with Crippen molar-refractivity contribution in [1.29, 1.82) is 0 Å². The average molecular weight is 349 g/mol. The van der Waals surface area contributed by atoms with Crippen LogP contribution < -0.4 is 14.8 Å². The highest BCUT2D eigenvalue weighted by atomic mass is 16.5. The summed E-state index contributed by atoms with van der Waals surface area (Å²) in [7, 11) is 1.19. The Morgan fingerprint density at radius 1 is 1.04 bits per heavy atom. The zero-order valence-corrected chi connectivity index (χ0v) is 14.0. The lowest BCUT2D eigenvalue weighted by molar-refractivity contribution is -0.143. The average Bonchev–Trinajstić information content (AvgIpc) is 2.78. The Kier molecular flexibility index (Phi) is 5.93. The van der Waals surface area contributed by atoms with Crippen LogP contribution in [0.15, 0.2) is 24.3 Å².